The molecular formula is C12H17N3O. The number of rotatable bonds is 2. The number of nitrogens with two attached hydrogens (primary N) is 1. The summed E-state index contributed by atoms with van der Waals surface area (Å²) >= 11 is 0. The van der Waals surface area contributed by atoms with Gasteiger partial charge in [0.25, 0.3) is 0 Å². The normalized spacial score (nSPS) is 13.2. The standard InChI is InChI=1S/C12H17N3O/c1-8-4-5-10-11(6-8)14(3)12(16)15(10)9(2)7-13/h4-6,9H,7,13H2,1-3H3. The molecule has 1 atom stereocenters. The van der Waals surface area contributed by atoms with Crippen molar-refractivity contribution >= 4 is 11.0 Å². The van der Waals surface area contributed by atoms with E-state index >= 15 is 0 Å². The van der Waals surface area contributed by atoms with Crippen molar-refractivity contribution < 1.29 is 0 Å². The highest BCUT2D eigenvalue weighted by Crippen LogP contribution is 2.17. The average Bonchev–Trinajstić information content (AvgIpc) is 2.52. The summed E-state index contributed by atoms with van der Waals surface area (Å²) in [6.07, 6.45) is 0. The van der Waals surface area contributed by atoms with Gasteiger partial charge in [-0.3, -0.25) is 9.13 Å². The first kappa shape index (κ1) is 11.0. The van der Waals surface area contributed by atoms with Crippen LogP contribution in [-0.2, 0) is 7.05 Å². The first-order valence-corrected chi connectivity index (χ1v) is 5.44. The first-order valence-electron chi connectivity index (χ1n) is 5.44. The number of imidazole rings is 1. The molecule has 0 amide bonds. The summed E-state index contributed by atoms with van der Waals surface area (Å²) in [5.41, 5.74) is 8.70. The van der Waals surface area contributed by atoms with E-state index in [1.165, 1.54) is 0 Å². The van der Waals surface area contributed by atoms with Crippen LogP contribution in [0.4, 0.5) is 0 Å². The van der Waals surface area contributed by atoms with Gasteiger partial charge in [-0.15, -0.1) is 0 Å². The molecule has 0 radical (unpaired) electrons. The molecule has 1 unspecified atom stereocenters. The molecule has 2 rings (SSSR count). The number of hydrogen-bond donors (Lipinski definition) is 1. The van der Waals surface area contributed by atoms with E-state index in [0.717, 1.165) is 16.6 Å². The highest BCUT2D eigenvalue weighted by molar-refractivity contribution is 5.77. The van der Waals surface area contributed by atoms with Gasteiger partial charge in [-0.1, -0.05) is 6.07 Å². The Hall–Kier alpha value is -1.55. The van der Waals surface area contributed by atoms with E-state index in [1.807, 2.05) is 32.0 Å². The Morgan fingerprint density at radius 1 is 1.38 bits per heavy atom. The van der Waals surface area contributed by atoms with Crippen LogP contribution in [0.15, 0.2) is 23.0 Å². The molecule has 0 aliphatic rings. The van der Waals surface area contributed by atoms with E-state index < -0.39 is 0 Å². The number of nitrogens with zero attached hydrogens (tertiary/aromatic N) is 2. The predicted octanol–water partition coefficient (Wildman–Crippen LogP) is 1.17. The summed E-state index contributed by atoms with van der Waals surface area (Å²) in [4.78, 5) is 12.1. The minimum absolute atomic E-state index is 0.00134. The molecule has 1 aromatic carbocycles. The van der Waals surface area contributed by atoms with Crippen molar-refractivity contribution in [1.82, 2.24) is 9.13 Å². The second-order valence-electron chi connectivity index (χ2n) is 4.29. The van der Waals surface area contributed by atoms with Gasteiger partial charge in [0, 0.05) is 19.6 Å². The van der Waals surface area contributed by atoms with Crippen LogP contribution in [0, 0.1) is 6.92 Å². The zero-order chi connectivity index (χ0) is 11.9. The highest BCUT2D eigenvalue weighted by atomic mass is 16.1. The van der Waals surface area contributed by atoms with Crippen LogP contribution in [0.2, 0.25) is 0 Å². The summed E-state index contributed by atoms with van der Waals surface area (Å²) in [6.45, 7) is 4.45. The topological polar surface area (TPSA) is 53.0 Å². The second kappa shape index (κ2) is 3.79. The lowest BCUT2D eigenvalue weighted by atomic mass is 10.2. The zero-order valence-electron chi connectivity index (χ0n) is 9.90. The third-order valence-corrected chi connectivity index (χ3v) is 3.03. The van der Waals surface area contributed by atoms with Gasteiger partial charge < -0.3 is 5.73 Å². The first-order chi connectivity index (χ1) is 7.56. The molecule has 2 N–H and O–H groups in total. The van der Waals surface area contributed by atoms with E-state index in [1.54, 1.807) is 16.2 Å². The number of benzene rings is 1. The number of aryl methyl sites for hydroxylation is 2. The lowest BCUT2D eigenvalue weighted by Gasteiger charge is -2.10. The SMILES string of the molecule is Cc1ccc2c(c1)n(C)c(=O)n2C(C)CN. The summed E-state index contributed by atoms with van der Waals surface area (Å²) in [5.74, 6) is 0. The molecule has 1 aromatic heterocycles. The largest absolute Gasteiger partial charge is 0.329 e. The number of hydrogen-bond acceptors (Lipinski definition) is 2. The third kappa shape index (κ3) is 1.46. The van der Waals surface area contributed by atoms with Crippen molar-refractivity contribution in [3.05, 3.63) is 34.2 Å². The minimum atomic E-state index is -0.00134. The van der Waals surface area contributed by atoms with Crippen molar-refractivity contribution in [2.75, 3.05) is 6.54 Å². The molecule has 0 saturated carbocycles. The molecule has 0 spiro atoms. The quantitative estimate of drug-likeness (QED) is 0.824. The summed E-state index contributed by atoms with van der Waals surface area (Å²) < 4.78 is 3.43. The van der Waals surface area contributed by atoms with Gasteiger partial charge in [-0.2, -0.15) is 0 Å². The third-order valence-electron chi connectivity index (χ3n) is 3.03. The Labute approximate surface area is 94.3 Å². The van der Waals surface area contributed by atoms with Crippen LogP contribution in [0.25, 0.3) is 11.0 Å². The molecule has 16 heavy (non-hydrogen) atoms. The lowest BCUT2D eigenvalue weighted by Crippen LogP contribution is -2.28. The summed E-state index contributed by atoms with van der Waals surface area (Å²) in [6, 6.07) is 6.05. The summed E-state index contributed by atoms with van der Waals surface area (Å²) in [5, 5.41) is 0. The van der Waals surface area contributed by atoms with Crippen LogP contribution >= 0.6 is 0 Å². The van der Waals surface area contributed by atoms with Crippen molar-refractivity contribution in [2.45, 2.75) is 19.9 Å². The van der Waals surface area contributed by atoms with Gasteiger partial charge in [0.15, 0.2) is 0 Å². The average molecular weight is 219 g/mol. The van der Waals surface area contributed by atoms with Crippen LogP contribution in [0.5, 0.6) is 0 Å². The number of aromatic nitrogens is 2. The smallest absolute Gasteiger partial charge is 0.328 e. The van der Waals surface area contributed by atoms with E-state index in [9.17, 15) is 4.79 Å². The fourth-order valence-electron chi connectivity index (χ4n) is 2.00. The monoisotopic (exact) mass is 219 g/mol. The lowest BCUT2D eigenvalue weighted by molar-refractivity contribution is 0.546. The molecule has 86 valence electrons. The fourth-order valence-corrected chi connectivity index (χ4v) is 2.00. The van der Waals surface area contributed by atoms with Crippen LogP contribution in [-0.4, -0.2) is 15.7 Å². The van der Waals surface area contributed by atoms with E-state index in [0.29, 0.717) is 6.54 Å². The molecule has 0 aliphatic carbocycles. The molecule has 1 heterocycles. The van der Waals surface area contributed by atoms with Crippen molar-refractivity contribution in [1.29, 1.82) is 0 Å². The van der Waals surface area contributed by atoms with Gasteiger partial charge in [0.1, 0.15) is 0 Å². The van der Waals surface area contributed by atoms with Crippen LogP contribution in [0.1, 0.15) is 18.5 Å². The molecule has 4 heteroatoms. The van der Waals surface area contributed by atoms with E-state index in [4.69, 9.17) is 5.73 Å². The molecule has 4 nitrogen and oxygen atoms in total. The van der Waals surface area contributed by atoms with Crippen molar-refractivity contribution in [2.24, 2.45) is 12.8 Å². The van der Waals surface area contributed by atoms with Gasteiger partial charge in [0.2, 0.25) is 0 Å². The number of fused-ring (bicyclic) bond motifs is 1. The predicted molar refractivity (Wildman–Crippen MR) is 65.7 cm³/mol. The Kier molecular flexibility index (Phi) is 2.59. The Bertz CT molecular complexity index is 580. The van der Waals surface area contributed by atoms with Crippen LogP contribution in [0.3, 0.4) is 0 Å². The Morgan fingerprint density at radius 2 is 2.06 bits per heavy atom. The van der Waals surface area contributed by atoms with Crippen molar-refractivity contribution in [3.63, 3.8) is 0 Å². The molecule has 2 aromatic rings. The molecule has 0 aliphatic heterocycles. The molecular weight excluding hydrogens is 202 g/mol. The Balaban J connectivity index is 2.84. The zero-order valence-corrected chi connectivity index (χ0v) is 9.90. The van der Waals surface area contributed by atoms with E-state index in [-0.39, 0.29) is 11.7 Å². The Morgan fingerprint density at radius 3 is 2.69 bits per heavy atom. The van der Waals surface area contributed by atoms with Crippen LogP contribution < -0.4 is 11.4 Å². The fraction of sp³-hybridized carbons (Fsp3) is 0.417. The molecule has 0 saturated heterocycles. The maximum absolute atomic E-state index is 12.1. The van der Waals surface area contributed by atoms with Gasteiger partial charge in [-0.25, -0.2) is 4.79 Å². The van der Waals surface area contributed by atoms with E-state index in [2.05, 4.69) is 0 Å². The van der Waals surface area contributed by atoms with Gasteiger partial charge in [0.05, 0.1) is 11.0 Å². The summed E-state index contributed by atoms with van der Waals surface area (Å²) in [7, 11) is 1.80. The van der Waals surface area contributed by atoms with Crippen molar-refractivity contribution in [3.8, 4) is 0 Å². The molecule has 0 bridgehead atoms. The highest BCUT2D eigenvalue weighted by Gasteiger charge is 2.14. The van der Waals surface area contributed by atoms with Gasteiger partial charge >= 0.3 is 5.69 Å². The van der Waals surface area contributed by atoms with Gasteiger partial charge in [-0.05, 0) is 31.5 Å². The minimum Gasteiger partial charge on any atom is -0.328 e. The maximum Gasteiger partial charge on any atom is 0.329 e. The second-order valence-corrected chi connectivity index (χ2v) is 4.29. The maximum atomic E-state index is 12.1. The molecule has 0 fully saturated rings.